The number of nitrogens with one attached hydrogen (secondary N) is 1. The van der Waals surface area contributed by atoms with E-state index in [9.17, 15) is 13.2 Å². The summed E-state index contributed by atoms with van der Waals surface area (Å²) < 4.78 is 26.6. The molecule has 5 nitrogen and oxygen atoms in total. The maximum atomic E-state index is 12.5. The number of rotatable bonds is 7. The van der Waals surface area contributed by atoms with Gasteiger partial charge in [0.2, 0.25) is 15.9 Å². The maximum Gasteiger partial charge on any atom is 0.243 e. The van der Waals surface area contributed by atoms with Gasteiger partial charge in [-0.1, -0.05) is 24.3 Å². The molecule has 1 fully saturated rings. The Kier molecular flexibility index (Phi) is 6.57. The molecule has 0 aliphatic carbocycles. The van der Waals surface area contributed by atoms with Gasteiger partial charge in [0.15, 0.2) is 0 Å². The van der Waals surface area contributed by atoms with Crippen LogP contribution in [0.2, 0.25) is 0 Å². The number of hydrogen-bond donors (Lipinski definition) is 1. The molecule has 1 amide bonds. The SMILES string of the molecule is CSc1ccccc1NC(=O)CCc1ccc(S(=O)(=O)N2CCCC2)cc1. The summed E-state index contributed by atoms with van der Waals surface area (Å²) in [7, 11) is -3.38. The van der Waals surface area contributed by atoms with Crippen LogP contribution in [0.25, 0.3) is 0 Å². The van der Waals surface area contributed by atoms with Gasteiger partial charge in [-0.05, 0) is 55.3 Å². The van der Waals surface area contributed by atoms with E-state index < -0.39 is 10.0 Å². The number of thioether (sulfide) groups is 1. The van der Waals surface area contributed by atoms with E-state index in [2.05, 4.69) is 5.32 Å². The Balaban J connectivity index is 1.58. The first-order valence-corrected chi connectivity index (χ1v) is 11.7. The number of sulfonamides is 1. The quantitative estimate of drug-likeness (QED) is 0.714. The molecule has 0 spiro atoms. The monoisotopic (exact) mass is 404 g/mol. The first-order chi connectivity index (χ1) is 13.0. The Hall–Kier alpha value is -1.83. The minimum Gasteiger partial charge on any atom is -0.325 e. The van der Waals surface area contributed by atoms with Crippen LogP contribution in [-0.2, 0) is 21.2 Å². The molecule has 27 heavy (non-hydrogen) atoms. The molecule has 3 rings (SSSR count). The molecule has 7 heteroatoms. The van der Waals surface area contributed by atoms with Crippen LogP contribution in [0.15, 0.2) is 58.3 Å². The van der Waals surface area contributed by atoms with E-state index in [1.807, 2.05) is 30.5 Å². The predicted octanol–water partition coefficient (Wildman–Crippen LogP) is 3.76. The van der Waals surface area contributed by atoms with E-state index in [0.717, 1.165) is 29.0 Å². The Morgan fingerprint density at radius 1 is 1.07 bits per heavy atom. The van der Waals surface area contributed by atoms with E-state index in [1.165, 1.54) is 0 Å². The van der Waals surface area contributed by atoms with Crippen molar-refractivity contribution in [3.05, 3.63) is 54.1 Å². The molecule has 0 radical (unpaired) electrons. The highest BCUT2D eigenvalue weighted by Crippen LogP contribution is 2.25. The van der Waals surface area contributed by atoms with Crippen molar-refractivity contribution in [3.8, 4) is 0 Å². The molecule has 2 aromatic rings. The van der Waals surface area contributed by atoms with Crippen molar-refractivity contribution in [1.82, 2.24) is 4.31 Å². The smallest absolute Gasteiger partial charge is 0.243 e. The molecule has 144 valence electrons. The molecule has 0 bridgehead atoms. The van der Waals surface area contributed by atoms with Gasteiger partial charge in [-0.2, -0.15) is 4.31 Å². The zero-order valence-electron chi connectivity index (χ0n) is 15.3. The third-order valence-electron chi connectivity index (χ3n) is 4.65. The van der Waals surface area contributed by atoms with Gasteiger partial charge in [-0.3, -0.25) is 4.79 Å². The summed E-state index contributed by atoms with van der Waals surface area (Å²) in [5.74, 6) is -0.0507. The van der Waals surface area contributed by atoms with E-state index in [4.69, 9.17) is 0 Å². The van der Waals surface area contributed by atoms with E-state index in [1.54, 1.807) is 40.3 Å². The molecule has 1 saturated heterocycles. The number of anilines is 1. The second-order valence-corrected chi connectivity index (χ2v) is 9.29. The fourth-order valence-corrected chi connectivity index (χ4v) is 5.19. The highest BCUT2D eigenvalue weighted by molar-refractivity contribution is 7.98. The number of aryl methyl sites for hydroxylation is 1. The van der Waals surface area contributed by atoms with Gasteiger partial charge in [0.1, 0.15) is 0 Å². The first-order valence-electron chi connectivity index (χ1n) is 9.02. The Bertz CT molecular complexity index is 890. The third-order valence-corrected chi connectivity index (χ3v) is 7.36. The Morgan fingerprint density at radius 3 is 2.41 bits per heavy atom. The second kappa shape index (κ2) is 8.91. The summed E-state index contributed by atoms with van der Waals surface area (Å²) >= 11 is 1.59. The standard InChI is InChI=1S/C20H24N2O3S2/c1-26-19-7-3-2-6-18(19)21-20(23)13-10-16-8-11-17(12-9-16)27(24,25)22-14-4-5-15-22/h2-3,6-9,11-12H,4-5,10,13-15H2,1H3,(H,21,23). The van der Waals surface area contributed by atoms with Gasteiger partial charge in [-0.25, -0.2) is 8.42 Å². The van der Waals surface area contributed by atoms with Crippen LogP contribution in [0.5, 0.6) is 0 Å². The molecule has 2 aromatic carbocycles. The van der Waals surface area contributed by atoms with Gasteiger partial charge in [0.05, 0.1) is 10.6 Å². The highest BCUT2D eigenvalue weighted by atomic mass is 32.2. The van der Waals surface area contributed by atoms with Gasteiger partial charge in [-0.15, -0.1) is 11.8 Å². The van der Waals surface area contributed by atoms with Crippen LogP contribution in [0, 0.1) is 0 Å². The number of para-hydroxylation sites is 1. The van der Waals surface area contributed by atoms with E-state index >= 15 is 0 Å². The van der Waals surface area contributed by atoms with Crippen molar-refractivity contribution < 1.29 is 13.2 Å². The zero-order valence-corrected chi connectivity index (χ0v) is 17.0. The van der Waals surface area contributed by atoms with Crippen molar-refractivity contribution in [3.63, 3.8) is 0 Å². The number of carbonyl (C=O) groups excluding carboxylic acids is 1. The summed E-state index contributed by atoms with van der Waals surface area (Å²) in [5, 5.41) is 2.94. The lowest BCUT2D eigenvalue weighted by atomic mass is 10.1. The number of nitrogens with zero attached hydrogens (tertiary/aromatic N) is 1. The largest absolute Gasteiger partial charge is 0.325 e. The van der Waals surface area contributed by atoms with Gasteiger partial charge >= 0.3 is 0 Å². The van der Waals surface area contributed by atoms with Crippen molar-refractivity contribution >= 4 is 33.4 Å². The second-order valence-electron chi connectivity index (χ2n) is 6.50. The Labute approximate surface area is 165 Å². The summed E-state index contributed by atoms with van der Waals surface area (Å²) in [6.45, 7) is 1.20. The molecule has 0 saturated carbocycles. The number of amides is 1. The summed E-state index contributed by atoms with van der Waals surface area (Å²) in [5.41, 5.74) is 1.77. The number of carbonyl (C=O) groups is 1. The molecule has 1 heterocycles. The minimum atomic E-state index is -3.38. The van der Waals surface area contributed by atoms with Crippen LogP contribution in [-0.4, -0.2) is 38.0 Å². The molecule has 0 atom stereocenters. The molecule has 1 aliphatic rings. The third kappa shape index (κ3) is 4.91. The topological polar surface area (TPSA) is 66.5 Å². The summed E-state index contributed by atoms with van der Waals surface area (Å²) in [4.78, 5) is 13.6. The van der Waals surface area contributed by atoms with Crippen molar-refractivity contribution in [2.24, 2.45) is 0 Å². The van der Waals surface area contributed by atoms with Crippen LogP contribution < -0.4 is 5.32 Å². The minimum absolute atomic E-state index is 0.0507. The molecule has 0 aromatic heterocycles. The van der Waals surface area contributed by atoms with Crippen molar-refractivity contribution in [2.45, 2.75) is 35.5 Å². The van der Waals surface area contributed by atoms with Crippen LogP contribution >= 0.6 is 11.8 Å². The molecule has 0 unspecified atom stereocenters. The Morgan fingerprint density at radius 2 is 1.74 bits per heavy atom. The number of hydrogen-bond acceptors (Lipinski definition) is 4. The lowest BCUT2D eigenvalue weighted by Gasteiger charge is -2.15. The molecule has 1 N–H and O–H groups in total. The summed E-state index contributed by atoms with van der Waals surface area (Å²) in [6, 6.07) is 14.6. The maximum absolute atomic E-state index is 12.5. The van der Waals surface area contributed by atoms with E-state index in [0.29, 0.717) is 30.8 Å². The average molecular weight is 405 g/mol. The lowest BCUT2D eigenvalue weighted by Crippen LogP contribution is -2.27. The van der Waals surface area contributed by atoms with Gasteiger partial charge in [0, 0.05) is 24.4 Å². The zero-order chi connectivity index (χ0) is 19.3. The fourth-order valence-electron chi connectivity index (χ4n) is 3.12. The van der Waals surface area contributed by atoms with Crippen LogP contribution in [0.1, 0.15) is 24.8 Å². The highest BCUT2D eigenvalue weighted by Gasteiger charge is 2.26. The van der Waals surface area contributed by atoms with Gasteiger partial charge in [0.25, 0.3) is 0 Å². The molecule has 1 aliphatic heterocycles. The normalized spacial score (nSPS) is 15.0. The molecular formula is C20H24N2O3S2. The van der Waals surface area contributed by atoms with Crippen LogP contribution in [0.3, 0.4) is 0 Å². The molecular weight excluding hydrogens is 380 g/mol. The van der Waals surface area contributed by atoms with Crippen LogP contribution in [0.4, 0.5) is 5.69 Å². The predicted molar refractivity (Wildman–Crippen MR) is 110 cm³/mol. The van der Waals surface area contributed by atoms with Crippen molar-refractivity contribution in [1.29, 1.82) is 0 Å². The number of benzene rings is 2. The summed E-state index contributed by atoms with van der Waals surface area (Å²) in [6.07, 6.45) is 4.74. The van der Waals surface area contributed by atoms with Gasteiger partial charge < -0.3 is 5.32 Å². The van der Waals surface area contributed by atoms with Crippen molar-refractivity contribution in [2.75, 3.05) is 24.7 Å². The average Bonchev–Trinajstić information content (AvgIpc) is 3.23. The first kappa shape index (κ1) is 19.9. The fraction of sp³-hybridized carbons (Fsp3) is 0.350. The van der Waals surface area contributed by atoms with E-state index in [-0.39, 0.29) is 5.91 Å². The lowest BCUT2D eigenvalue weighted by molar-refractivity contribution is -0.116.